The Balaban J connectivity index is 2.54. The van der Waals surface area contributed by atoms with Crippen molar-refractivity contribution in [1.82, 2.24) is 0 Å². The molecule has 0 heterocycles. The fourth-order valence-electron chi connectivity index (χ4n) is 3.86. The smallest absolute Gasteiger partial charge is 0.0164 e. The minimum atomic E-state index is 0.0363. The Kier molecular flexibility index (Phi) is 6.04. The average molecular weight is 321 g/mol. The van der Waals surface area contributed by atoms with Crippen LogP contribution < -0.4 is 0 Å². The monoisotopic (exact) mass is 320 g/mol. The van der Waals surface area contributed by atoms with E-state index >= 15 is 0 Å². The summed E-state index contributed by atoms with van der Waals surface area (Å²) in [6.07, 6.45) is 20.0. The van der Waals surface area contributed by atoms with Crippen LogP contribution in [0.1, 0.15) is 53.4 Å². The quantitative estimate of drug-likeness (QED) is 0.342. The van der Waals surface area contributed by atoms with Gasteiger partial charge in [0.2, 0.25) is 0 Å². The van der Waals surface area contributed by atoms with Crippen LogP contribution in [0.15, 0.2) is 83.6 Å². The van der Waals surface area contributed by atoms with Gasteiger partial charge in [0.25, 0.3) is 0 Å². The molecule has 0 aromatic heterocycles. The summed E-state index contributed by atoms with van der Waals surface area (Å²) in [5.74, 6) is 0.712. The summed E-state index contributed by atoms with van der Waals surface area (Å²) in [6.45, 7) is 17.5. The zero-order chi connectivity index (χ0) is 17.7. The lowest BCUT2D eigenvalue weighted by atomic mass is 9.68. The van der Waals surface area contributed by atoms with Crippen molar-refractivity contribution < 1.29 is 0 Å². The zero-order valence-corrected chi connectivity index (χ0v) is 15.9. The van der Waals surface area contributed by atoms with Crippen molar-refractivity contribution in [3.63, 3.8) is 0 Å². The third-order valence-electron chi connectivity index (χ3n) is 5.47. The van der Waals surface area contributed by atoms with Crippen LogP contribution in [0.3, 0.4) is 0 Å². The van der Waals surface area contributed by atoms with Gasteiger partial charge in [-0.15, -0.1) is 0 Å². The molecule has 0 radical (unpaired) electrons. The van der Waals surface area contributed by atoms with Crippen LogP contribution in [0.4, 0.5) is 0 Å². The first-order valence-electron chi connectivity index (χ1n) is 9.16. The van der Waals surface area contributed by atoms with E-state index in [1.54, 1.807) is 0 Å². The highest BCUT2D eigenvalue weighted by Gasteiger charge is 2.46. The van der Waals surface area contributed by atoms with Gasteiger partial charge in [0, 0.05) is 5.41 Å². The Morgan fingerprint density at radius 3 is 2.38 bits per heavy atom. The Morgan fingerprint density at radius 1 is 1.12 bits per heavy atom. The van der Waals surface area contributed by atoms with Crippen molar-refractivity contribution in [3.8, 4) is 0 Å². The molecule has 1 fully saturated rings. The highest BCUT2D eigenvalue weighted by Crippen LogP contribution is 2.56. The molecule has 0 aliphatic heterocycles. The van der Waals surface area contributed by atoms with Crippen molar-refractivity contribution in [3.05, 3.63) is 83.6 Å². The Bertz CT molecular complexity index is 656. The molecule has 1 unspecified atom stereocenters. The second-order valence-corrected chi connectivity index (χ2v) is 7.29. The van der Waals surface area contributed by atoms with E-state index in [4.69, 9.17) is 0 Å². The maximum absolute atomic E-state index is 4.43. The van der Waals surface area contributed by atoms with E-state index in [9.17, 15) is 0 Å². The van der Waals surface area contributed by atoms with Gasteiger partial charge >= 0.3 is 0 Å². The first kappa shape index (κ1) is 18.5. The van der Waals surface area contributed by atoms with Gasteiger partial charge in [-0.1, -0.05) is 68.2 Å². The van der Waals surface area contributed by atoms with Crippen molar-refractivity contribution in [2.75, 3.05) is 0 Å². The van der Waals surface area contributed by atoms with E-state index in [2.05, 4.69) is 76.5 Å². The van der Waals surface area contributed by atoms with Crippen LogP contribution in [-0.4, -0.2) is 0 Å². The summed E-state index contributed by atoms with van der Waals surface area (Å²) in [5.41, 5.74) is 6.73. The molecule has 128 valence electrons. The van der Waals surface area contributed by atoms with E-state index in [-0.39, 0.29) is 5.41 Å². The molecule has 1 atom stereocenters. The van der Waals surface area contributed by atoms with Gasteiger partial charge in [0.15, 0.2) is 0 Å². The van der Waals surface area contributed by atoms with Crippen LogP contribution >= 0.6 is 0 Å². The van der Waals surface area contributed by atoms with E-state index in [1.165, 1.54) is 35.1 Å². The molecule has 1 saturated carbocycles. The molecule has 0 spiro atoms. The summed E-state index contributed by atoms with van der Waals surface area (Å²) in [7, 11) is 0. The largest absolute Gasteiger partial charge is 0.0992 e. The number of rotatable bonds is 7. The number of hydrogen-bond acceptors (Lipinski definition) is 0. The second-order valence-electron chi connectivity index (χ2n) is 7.29. The van der Waals surface area contributed by atoms with Crippen LogP contribution in [0.2, 0.25) is 0 Å². The molecule has 0 nitrogen and oxygen atoms in total. The number of hydrogen-bond donors (Lipinski definition) is 0. The van der Waals surface area contributed by atoms with Crippen LogP contribution in [0.5, 0.6) is 0 Å². The van der Waals surface area contributed by atoms with Crippen molar-refractivity contribution in [2.45, 2.75) is 53.4 Å². The summed E-state index contributed by atoms with van der Waals surface area (Å²) in [5, 5.41) is 0. The molecular formula is C24H32. The molecule has 2 aliphatic carbocycles. The highest BCUT2D eigenvalue weighted by molar-refractivity contribution is 5.55. The normalized spacial score (nSPS) is 23.1. The second kappa shape index (κ2) is 7.83. The molecular weight excluding hydrogens is 288 g/mol. The van der Waals surface area contributed by atoms with E-state index in [0.29, 0.717) is 5.92 Å². The molecule has 2 rings (SSSR count). The summed E-state index contributed by atoms with van der Waals surface area (Å²) in [4.78, 5) is 0. The van der Waals surface area contributed by atoms with E-state index < -0.39 is 0 Å². The lowest BCUT2D eigenvalue weighted by molar-refractivity contribution is 0.416. The molecule has 0 saturated heterocycles. The molecule has 24 heavy (non-hydrogen) atoms. The summed E-state index contributed by atoms with van der Waals surface area (Å²) in [6, 6.07) is 0. The molecule has 0 heteroatoms. The maximum atomic E-state index is 4.43. The standard InChI is InChI=1S/C24H32/c1-7-9-10-12-19(5)23(21-14-13-20(17-21)11-8-2)24(6,18(3)4)22-15-16-22/h7-12,17,22H,3,5,13-16H2,1-2,4,6H3/b9-7-,11-8-,12-10-,23-21+. The molecule has 0 amide bonds. The van der Waals surface area contributed by atoms with Gasteiger partial charge in [-0.2, -0.15) is 0 Å². The molecule has 0 bridgehead atoms. The first-order valence-corrected chi connectivity index (χ1v) is 9.16. The van der Waals surface area contributed by atoms with Gasteiger partial charge in [0.05, 0.1) is 0 Å². The molecule has 2 aliphatic rings. The zero-order valence-electron chi connectivity index (χ0n) is 15.9. The maximum Gasteiger partial charge on any atom is 0.0164 e. The average Bonchev–Trinajstić information content (AvgIpc) is 3.30. The van der Waals surface area contributed by atoms with Crippen LogP contribution in [-0.2, 0) is 0 Å². The Morgan fingerprint density at radius 2 is 1.83 bits per heavy atom. The number of allylic oxidation sites excluding steroid dienone is 12. The fourth-order valence-corrected chi connectivity index (χ4v) is 3.86. The van der Waals surface area contributed by atoms with Crippen LogP contribution in [0.25, 0.3) is 0 Å². The lowest BCUT2D eigenvalue weighted by Gasteiger charge is -2.36. The predicted octanol–water partition coefficient (Wildman–Crippen LogP) is 7.26. The molecule has 0 aromatic rings. The SMILES string of the molecule is C=C(/C=C\C=C/C)/C(=C1C=C(/C=C\C)CC\1)C(C)(C(=C)C)C1CC1. The molecule has 0 N–H and O–H groups in total. The van der Waals surface area contributed by atoms with Crippen LogP contribution in [0, 0.1) is 11.3 Å². The van der Waals surface area contributed by atoms with Gasteiger partial charge in [0.1, 0.15) is 0 Å². The van der Waals surface area contributed by atoms with Gasteiger partial charge in [-0.3, -0.25) is 0 Å². The van der Waals surface area contributed by atoms with Crippen molar-refractivity contribution in [2.24, 2.45) is 11.3 Å². The minimum Gasteiger partial charge on any atom is -0.0992 e. The highest BCUT2D eigenvalue weighted by atomic mass is 14.5. The van der Waals surface area contributed by atoms with E-state index in [1.807, 2.05) is 6.92 Å². The van der Waals surface area contributed by atoms with E-state index in [0.717, 1.165) is 18.4 Å². The first-order chi connectivity index (χ1) is 11.4. The van der Waals surface area contributed by atoms with Crippen molar-refractivity contribution >= 4 is 0 Å². The minimum absolute atomic E-state index is 0.0363. The third-order valence-corrected chi connectivity index (χ3v) is 5.47. The fraction of sp³-hybridized carbons (Fsp3) is 0.417. The Hall–Kier alpha value is -1.82. The Labute approximate surface area is 148 Å². The van der Waals surface area contributed by atoms with Crippen molar-refractivity contribution in [1.29, 1.82) is 0 Å². The topological polar surface area (TPSA) is 0 Å². The third kappa shape index (κ3) is 3.80. The van der Waals surface area contributed by atoms with Gasteiger partial charge < -0.3 is 0 Å². The lowest BCUT2D eigenvalue weighted by Crippen LogP contribution is -2.25. The van der Waals surface area contributed by atoms with Gasteiger partial charge in [-0.05, 0) is 74.7 Å². The molecule has 0 aromatic carbocycles. The summed E-state index contributed by atoms with van der Waals surface area (Å²) >= 11 is 0. The predicted molar refractivity (Wildman–Crippen MR) is 108 cm³/mol. The van der Waals surface area contributed by atoms with Gasteiger partial charge in [-0.25, -0.2) is 0 Å². The summed E-state index contributed by atoms with van der Waals surface area (Å²) < 4.78 is 0.